The van der Waals surface area contributed by atoms with Crippen molar-refractivity contribution in [3.63, 3.8) is 0 Å². The molecule has 4 aromatic rings. The molecule has 3 aromatic carbocycles. The average molecular weight is 507 g/mol. The zero-order valence-electron chi connectivity index (χ0n) is 17.5. The van der Waals surface area contributed by atoms with Gasteiger partial charge in [-0.15, -0.1) is 0 Å². The third-order valence-corrected chi connectivity index (χ3v) is 5.30. The Labute approximate surface area is 197 Å². The summed E-state index contributed by atoms with van der Waals surface area (Å²) in [6.07, 6.45) is 0. The van der Waals surface area contributed by atoms with E-state index in [9.17, 15) is 14.4 Å². The van der Waals surface area contributed by atoms with Gasteiger partial charge in [0.2, 0.25) is 0 Å². The van der Waals surface area contributed by atoms with E-state index in [0.29, 0.717) is 28.0 Å². The number of methoxy groups -OCH3 is 1. The van der Waals surface area contributed by atoms with E-state index in [4.69, 9.17) is 4.74 Å². The van der Waals surface area contributed by atoms with Gasteiger partial charge in [-0.2, -0.15) is 0 Å². The Balaban J connectivity index is 1.63. The number of hydrogen-bond donors (Lipinski definition) is 3. The molecule has 4 rings (SSSR count). The molecule has 3 N–H and O–H groups in total. The van der Waals surface area contributed by atoms with E-state index in [0.717, 1.165) is 4.47 Å². The number of aromatic nitrogens is 1. The number of amides is 3. The lowest BCUT2D eigenvalue weighted by atomic mass is 10.2. The number of hydrogen-bond acceptors (Lipinski definition) is 4. The normalized spacial score (nSPS) is 10.5. The van der Waals surface area contributed by atoms with Crippen LogP contribution in [0.1, 0.15) is 10.5 Å². The van der Waals surface area contributed by atoms with Crippen LogP contribution in [0.2, 0.25) is 0 Å². The minimum absolute atomic E-state index is 0.158. The molecule has 0 bridgehead atoms. The minimum atomic E-state index is -0.949. The summed E-state index contributed by atoms with van der Waals surface area (Å²) in [5.41, 5.74) is 4.18. The van der Waals surface area contributed by atoms with E-state index >= 15 is 0 Å². The molecule has 0 saturated carbocycles. The van der Waals surface area contributed by atoms with Gasteiger partial charge in [0.15, 0.2) is 0 Å². The van der Waals surface area contributed by atoms with Crippen LogP contribution in [0.4, 0.5) is 11.4 Å². The van der Waals surface area contributed by atoms with Gasteiger partial charge >= 0.3 is 11.8 Å². The van der Waals surface area contributed by atoms with Crippen LogP contribution in [0.5, 0.6) is 5.75 Å². The molecule has 0 unspecified atom stereocenters. The summed E-state index contributed by atoms with van der Waals surface area (Å²) >= 11 is 3.41. The number of anilines is 2. The molecule has 0 aliphatic rings. The summed E-state index contributed by atoms with van der Waals surface area (Å²) in [6, 6.07) is 22.6. The number of para-hydroxylation sites is 3. The van der Waals surface area contributed by atoms with E-state index < -0.39 is 17.7 Å². The monoisotopic (exact) mass is 506 g/mol. The van der Waals surface area contributed by atoms with Gasteiger partial charge in [-0.05, 0) is 48.5 Å². The fraction of sp³-hybridized carbons (Fsp3) is 0.0417. The van der Waals surface area contributed by atoms with Crippen LogP contribution in [0.15, 0.2) is 83.3 Å². The van der Waals surface area contributed by atoms with Crippen LogP contribution in [0, 0.1) is 0 Å². The quantitative estimate of drug-likeness (QED) is 0.349. The molecule has 0 saturated heterocycles. The van der Waals surface area contributed by atoms with E-state index in [1.54, 1.807) is 66.7 Å². The standard InChI is InChI=1S/C24H19BrN4O4/c1-33-21-10-6-5-9-18(21)27-23(31)24(32)28-29-19-12-11-16(25)13-15(19)14-20(29)22(30)26-17-7-3-2-4-8-17/h2-14H,1H3,(H,26,30)(H,27,31)(H,28,32). The zero-order valence-corrected chi connectivity index (χ0v) is 19.0. The molecule has 0 atom stereocenters. The van der Waals surface area contributed by atoms with Gasteiger partial charge < -0.3 is 15.4 Å². The summed E-state index contributed by atoms with van der Waals surface area (Å²) < 4.78 is 7.30. The Morgan fingerprint density at radius 2 is 1.58 bits per heavy atom. The number of halogens is 1. The number of nitrogens with one attached hydrogen (secondary N) is 3. The highest BCUT2D eigenvalue weighted by Gasteiger charge is 2.22. The van der Waals surface area contributed by atoms with Crippen molar-refractivity contribution in [2.45, 2.75) is 0 Å². The lowest BCUT2D eigenvalue weighted by Crippen LogP contribution is -2.36. The fourth-order valence-corrected chi connectivity index (χ4v) is 3.65. The first-order chi connectivity index (χ1) is 16.0. The number of carbonyl (C=O) groups is 3. The number of fused-ring (bicyclic) bond motifs is 1. The van der Waals surface area contributed by atoms with Gasteiger partial charge in [0.25, 0.3) is 5.91 Å². The van der Waals surface area contributed by atoms with Crippen molar-refractivity contribution in [1.82, 2.24) is 4.68 Å². The SMILES string of the molecule is COc1ccccc1NC(=O)C(=O)Nn1c(C(=O)Nc2ccccc2)cc2cc(Br)ccc21. The number of benzene rings is 3. The maximum absolute atomic E-state index is 13.0. The average Bonchev–Trinajstić information content (AvgIpc) is 3.17. The highest BCUT2D eigenvalue weighted by Crippen LogP contribution is 2.25. The molecule has 0 aliphatic heterocycles. The molecule has 8 nitrogen and oxygen atoms in total. The highest BCUT2D eigenvalue weighted by atomic mass is 79.9. The Hall–Kier alpha value is -4.11. The largest absolute Gasteiger partial charge is 0.495 e. The highest BCUT2D eigenvalue weighted by molar-refractivity contribution is 9.10. The van der Waals surface area contributed by atoms with Gasteiger partial charge in [0, 0.05) is 15.5 Å². The van der Waals surface area contributed by atoms with E-state index in [-0.39, 0.29) is 5.69 Å². The number of nitrogens with zero attached hydrogens (tertiary/aromatic N) is 1. The van der Waals surface area contributed by atoms with Crippen molar-refractivity contribution in [2.75, 3.05) is 23.2 Å². The summed E-state index contributed by atoms with van der Waals surface area (Å²) in [5.74, 6) is -1.89. The third kappa shape index (κ3) is 4.88. The van der Waals surface area contributed by atoms with E-state index in [1.165, 1.54) is 11.8 Å². The fourth-order valence-electron chi connectivity index (χ4n) is 3.27. The second kappa shape index (κ2) is 9.58. The van der Waals surface area contributed by atoms with Gasteiger partial charge in [-0.25, -0.2) is 4.68 Å². The summed E-state index contributed by atoms with van der Waals surface area (Å²) in [6.45, 7) is 0. The van der Waals surface area contributed by atoms with Crippen molar-refractivity contribution in [3.8, 4) is 5.75 Å². The van der Waals surface area contributed by atoms with Gasteiger partial charge in [-0.1, -0.05) is 46.3 Å². The Bertz CT molecular complexity index is 1350. The smallest absolute Gasteiger partial charge is 0.328 e. The van der Waals surface area contributed by atoms with Crippen LogP contribution < -0.4 is 20.8 Å². The van der Waals surface area contributed by atoms with Crippen LogP contribution >= 0.6 is 15.9 Å². The predicted octanol–water partition coefficient (Wildman–Crippen LogP) is 4.37. The molecule has 1 aromatic heterocycles. The molecule has 33 heavy (non-hydrogen) atoms. The lowest BCUT2D eigenvalue weighted by molar-refractivity contribution is -0.133. The second-order valence-electron chi connectivity index (χ2n) is 6.98. The zero-order chi connectivity index (χ0) is 23.4. The number of rotatable bonds is 5. The van der Waals surface area contributed by atoms with Crippen LogP contribution in [0.25, 0.3) is 10.9 Å². The van der Waals surface area contributed by atoms with Crippen LogP contribution in [0.3, 0.4) is 0 Å². The second-order valence-corrected chi connectivity index (χ2v) is 7.90. The number of ether oxygens (including phenoxy) is 1. The van der Waals surface area contributed by atoms with Gasteiger partial charge in [-0.3, -0.25) is 19.8 Å². The van der Waals surface area contributed by atoms with Crippen molar-refractivity contribution >= 4 is 55.9 Å². The Morgan fingerprint density at radius 1 is 0.848 bits per heavy atom. The molecule has 0 radical (unpaired) electrons. The Kier molecular flexibility index (Phi) is 6.41. The minimum Gasteiger partial charge on any atom is -0.495 e. The van der Waals surface area contributed by atoms with E-state index in [1.807, 2.05) is 12.1 Å². The maximum Gasteiger partial charge on any atom is 0.328 e. The molecular weight excluding hydrogens is 488 g/mol. The third-order valence-electron chi connectivity index (χ3n) is 4.80. The number of carbonyl (C=O) groups excluding carboxylic acids is 3. The molecule has 1 heterocycles. The van der Waals surface area contributed by atoms with Crippen molar-refractivity contribution < 1.29 is 19.1 Å². The summed E-state index contributed by atoms with van der Waals surface area (Å²) in [7, 11) is 1.47. The Morgan fingerprint density at radius 3 is 2.33 bits per heavy atom. The molecular formula is C24H19BrN4O4. The molecule has 9 heteroatoms. The first-order valence-electron chi connectivity index (χ1n) is 9.89. The topological polar surface area (TPSA) is 101 Å². The van der Waals surface area contributed by atoms with Crippen LogP contribution in [-0.2, 0) is 9.59 Å². The van der Waals surface area contributed by atoms with Crippen LogP contribution in [-0.4, -0.2) is 29.5 Å². The maximum atomic E-state index is 13.0. The summed E-state index contributed by atoms with van der Waals surface area (Å²) in [4.78, 5) is 38.3. The molecule has 0 fully saturated rings. The molecule has 166 valence electrons. The molecule has 0 aliphatic carbocycles. The summed E-state index contributed by atoms with van der Waals surface area (Å²) in [5, 5.41) is 6.02. The van der Waals surface area contributed by atoms with Gasteiger partial charge in [0.05, 0.1) is 18.3 Å². The first-order valence-corrected chi connectivity index (χ1v) is 10.7. The van der Waals surface area contributed by atoms with Crippen molar-refractivity contribution in [2.24, 2.45) is 0 Å². The van der Waals surface area contributed by atoms with Gasteiger partial charge in [0.1, 0.15) is 11.4 Å². The van der Waals surface area contributed by atoms with Crippen molar-refractivity contribution in [3.05, 3.63) is 89.0 Å². The molecule has 0 spiro atoms. The first kappa shape index (κ1) is 22.1. The predicted molar refractivity (Wildman–Crippen MR) is 130 cm³/mol. The molecule has 3 amide bonds. The van der Waals surface area contributed by atoms with Crippen molar-refractivity contribution in [1.29, 1.82) is 0 Å². The lowest BCUT2D eigenvalue weighted by Gasteiger charge is -2.13. The van der Waals surface area contributed by atoms with E-state index in [2.05, 4.69) is 32.0 Å².